The summed E-state index contributed by atoms with van der Waals surface area (Å²) in [5, 5.41) is 3.34. The molecular weight excluding hydrogens is 448 g/mol. The number of carbonyl (C=O) groups excluding carboxylic acids is 2. The minimum Gasteiger partial charge on any atom is -0.465 e. The van der Waals surface area contributed by atoms with Gasteiger partial charge >= 0.3 is 5.97 Å². The van der Waals surface area contributed by atoms with Crippen molar-refractivity contribution in [2.75, 3.05) is 19.0 Å². The van der Waals surface area contributed by atoms with Gasteiger partial charge in [0.1, 0.15) is 5.00 Å². The van der Waals surface area contributed by atoms with Gasteiger partial charge in [-0.3, -0.25) is 4.79 Å². The van der Waals surface area contributed by atoms with Gasteiger partial charge in [-0.15, -0.1) is 11.3 Å². The van der Waals surface area contributed by atoms with Crippen LogP contribution in [0.5, 0.6) is 0 Å². The van der Waals surface area contributed by atoms with Crippen LogP contribution in [0.15, 0.2) is 29.2 Å². The summed E-state index contributed by atoms with van der Waals surface area (Å²) in [6, 6.07) is 5.96. The van der Waals surface area contributed by atoms with Crippen molar-refractivity contribution < 1.29 is 22.7 Å². The molecule has 4 rings (SSSR count). The monoisotopic (exact) mass is 476 g/mol. The molecule has 1 saturated heterocycles. The molecule has 1 aliphatic heterocycles. The third-order valence-corrected chi connectivity index (χ3v) is 9.49. The van der Waals surface area contributed by atoms with Gasteiger partial charge in [0, 0.05) is 23.0 Å². The van der Waals surface area contributed by atoms with E-state index in [0.717, 1.165) is 55.4 Å². The predicted molar refractivity (Wildman–Crippen MR) is 124 cm³/mol. The van der Waals surface area contributed by atoms with Gasteiger partial charge in [0.2, 0.25) is 10.0 Å². The van der Waals surface area contributed by atoms with Crippen LogP contribution >= 0.6 is 11.3 Å². The number of hydrogen-bond donors (Lipinski definition) is 1. The molecule has 1 N–H and O–H groups in total. The lowest BCUT2D eigenvalue weighted by atomic mass is 9.95. The fraction of sp³-hybridized carbons (Fsp3) is 0.478. The molecule has 172 valence electrons. The van der Waals surface area contributed by atoms with E-state index in [1.54, 1.807) is 4.31 Å². The van der Waals surface area contributed by atoms with E-state index in [1.165, 1.54) is 42.7 Å². The van der Waals surface area contributed by atoms with E-state index in [2.05, 4.69) is 5.32 Å². The second kappa shape index (κ2) is 9.33. The molecule has 7 nitrogen and oxygen atoms in total. The van der Waals surface area contributed by atoms with Crippen LogP contribution in [0.25, 0.3) is 0 Å². The second-order valence-electron chi connectivity index (χ2n) is 8.35. The summed E-state index contributed by atoms with van der Waals surface area (Å²) >= 11 is 1.42. The SMILES string of the molecule is COC(=O)c1c(NC(=O)c2ccc(S(=O)(=O)N3CCCCC3C)cc2)sc2c1CCCC2. The molecule has 1 aromatic heterocycles. The standard InChI is InChI=1S/C23H28N2O5S2/c1-15-7-5-6-14-25(15)32(28,29)17-12-10-16(11-13-17)21(26)24-22-20(23(27)30-2)18-8-3-4-9-19(18)31-22/h10-13,15H,3-9,14H2,1-2H3,(H,24,26). The molecule has 0 saturated carbocycles. The largest absolute Gasteiger partial charge is 0.465 e. The van der Waals surface area contributed by atoms with Gasteiger partial charge in [0.15, 0.2) is 0 Å². The number of fused-ring (bicyclic) bond motifs is 1. The number of aryl methyl sites for hydroxylation is 1. The van der Waals surface area contributed by atoms with E-state index in [4.69, 9.17) is 4.74 Å². The van der Waals surface area contributed by atoms with E-state index in [9.17, 15) is 18.0 Å². The number of nitrogens with one attached hydrogen (secondary N) is 1. The molecule has 1 aliphatic carbocycles. The number of rotatable bonds is 5. The van der Waals surface area contributed by atoms with Gasteiger partial charge in [-0.05, 0) is 75.3 Å². The summed E-state index contributed by atoms with van der Waals surface area (Å²) in [6.45, 7) is 2.45. The summed E-state index contributed by atoms with van der Waals surface area (Å²) in [6.07, 6.45) is 6.51. The predicted octanol–water partition coefficient (Wildman–Crippen LogP) is 4.23. The maximum absolute atomic E-state index is 13.0. The zero-order valence-electron chi connectivity index (χ0n) is 18.3. The quantitative estimate of drug-likeness (QED) is 0.652. The number of amides is 1. The van der Waals surface area contributed by atoms with Crippen molar-refractivity contribution in [1.82, 2.24) is 4.31 Å². The first-order chi connectivity index (χ1) is 15.3. The average Bonchev–Trinajstić information content (AvgIpc) is 3.16. The number of sulfonamides is 1. The van der Waals surface area contributed by atoms with Crippen LogP contribution < -0.4 is 5.32 Å². The van der Waals surface area contributed by atoms with Crippen molar-refractivity contribution >= 4 is 38.2 Å². The number of methoxy groups -OCH3 is 1. The summed E-state index contributed by atoms with van der Waals surface area (Å²) in [4.78, 5) is 26.6. The summed E-state index contributed by atoms with van der Waals surface area (Å²) in [5.41, 5.74) is 1.75. The number of hydrogen-bond acceptors (Lipinski definition) is 6. The average molecular weight is 477 g/mol. The highest BCUT2D eigenvalue weighted by atomic mass is 32.2. The fourth-order valence-corrected chi connectivity index (χ4v) is 7.46. The third kappa shape index (κ3) is 4.33. The second-order valence-corrected chi connectivity index (χ2v) is 11.3. The minimum atomic E-state index is -3.59. The van der Waals surface area contributed by atoms with Crippen molar-refractivity contribution in [3.63, 3.8) is 0 Å². The molecule has 2 heterocycles. The molecule has 9 heteroatoms. The Labute approximate surface area is 192 Å². The Morgan fingerprint density at radius 2 is 1.81 bits per heavy atom. The number of thiophene rings is 1. The zero-order valence-corrected chi connectivity index (χ0v) is 20.0. The first kappa shape index (κ1) is 22.9. The molecular formula is C23H28N2O5S2. The van der Waals surface area contributed by atoms with Crippen molar-refractivity contribution in [2.24, 2.45) is 0 Å². The van der Waals surface area contributed by atoms with Gasteiger partial charge < -0.3 is 10.1 Å². The number of nitrogens with zero attached hydrogens (tertiary/aromatic N) is 1. The highest BCUT2D eigenvalue weighted by molar-refractivity contribution is 7.89. The molecule has 0 bridgehead atoms. The van der Waals surface area contributed by atoms with Crippen LogP contribution in [-0.4, -0.2) is 44.3 Å². The zero-order chi connectivity index (χ0) is 22.9. The van der Waals surface area contributed by atoms with Gasteiger partial charge in [-0.1, -0.05) is 6.42 Å². The van der Waals surface area contributed by atoms with Crippen LogP contribution in [0, 0.1) is 0 Å². The smallest absolute Gasteiger partial charge is 0.341 e. The maximum Gasteiger partial charge on any atom is 0.341 e. The molecule has 1 unspecified atom stereocenters. The van der Waals surface area contributed by atoms with Crippen LogP contribution in [0.4, 0.5) is 5.00 Å². The van der Waals surface area contributed by atoms with Gasteiger partial charge in [0.25, 0.3) is 5.91 Å². The van der Waals surface area contributed by atoms with Crippen LogP contribution in [0.2, 0.25) is 0 Å². The van der Waals surface area contributed by atoms with Crippen molar-refractivity contribution in [1.29, 1.82) is 0 Å². The molecule has 0 radical (unpaired) electrons. The maximum atomic E-state index is 13.0. The first-order valence-corrected chi connectivity index (χ1v) is 13.2. The Bertz CT molecular complexity index is 1120. The number of piperidine rings is 1. The fourth-order valence-electron chi connectivity index (χ4n) is 4.49. The minimum absolute atomic E-state index is 0.0293. The van der Waals surface area contributed by atoms with Gasteiger partial charge in [-0.25, -0.2) is 13.2 Å². The summed E-state index contributed by atoms with van der Waals surface area (Å²) in [5.74, 6) is -0.833. The van der Waals surface area contributed by atoms with Crippen LogP contribution in [0.1, 0.15) is 70.2 Å². The molecule has 0 spiro atoms. The molecule has 2 aromatic rings. The number of anilines is 1. The number of ether oxygens (including phenoxy) is 1. The van der Waals surface area contributed by atoms with Crippen molar-refractivity contribution in [3.8, 4) is 0 Å². The summed E-state index contributed by atoms with van der Waals surface area (Å²) < 4.78 is 32.5. The van der Waals surface area contributed by atoms with E-state index in [0.29, 0.717) is 22.7 Å². The Kier molecular flexibility index (Phi) is 6.69. The first-order valence-electron chi connectivity index (χ1n) is 11.0. The highest BCUT2D eigenvalue weighted by Crippen LogP contribution is 2.38. The van der Waals surface area contributed by atoms with Crippen LogP contribution in [0.3, 0.4) is 0 Å². The Morgan fingerprint density at radius 3 is 2.50 bits per heavy atom. The van der Waals surface area contributed by atoms with E-state index < -0.39 is 16.0 Å². The normalized spacial score (nSPS) is 19.2. The Hall–Kier alpha value is -2.23. The molecule has 1 fully saturated rings. The van der Waals surface area contributed by atoms with Gasteiger partial charge in [-0.2, -0.15) is 4.31 Å². The lowest BCUT2D eigenvalue weighted by molar-refractivity contribution is 0.0601. The molecule has 1 atom stereocenters. The number of esters is 1. The van der Waals surface area contributed by atoms with Gasteiger partial charge in [0.05, 0.1) is 17.6 Å². The highest BCUT2D eigenvalue weighted by Gasteiger charge is 2.31. The lowest BCUT2D eigenvalue weighted by Gasteiger charge is -2.32. The van der Waals surface area contributed by atoms with E-state index in [-0.39, 0.29) is 16.8 Å². The molecule has 32 heavy (non-hydrogen) atoms. The molecule has 1 aromatic carbocycles. The third-order valence-electron chi connectivity index (χ3n) is 6.25. The van der Waals surface area contributed by atoms with Crippen molar-refractivity contribution in [2.45, 2.75) is 62.8 Å². The van der Waals surface area contributed by atoms with Crippen molar-refractivity contribution in [3.05, 3.63) is 45.8 Å². The molecule has 1 amide bonds. The summed E-state index contributed by atoms with van der Waals surface area (Å²) in [7, 11) is -2.26. The van der Waals surface area contributed by atoms with Crippen LogP contribution in [-0.2, 0) is 27.6 Å². The number of carbonyl (C=O) groups is 2. The number of benzene rings is 1. The molecule has 2 aliphatic rings. The Morgan fingerprint density at radius 1 is 1.09 bits per heavy atom. The topological polar surface area (TPSA) is 92.8 Å². The van der Waals surface area contributed by atoms with E-state index in [1.807, 2.05) is 6.92 Å². The lowest BCUT2D eigenvalue weighted by Crippen LogP contribution is -2.41. The van der Waals surface area contributed by atoms with E-state index >= 15 is 0 Å². The Balaban J connectivity index is 1.55.